The smallest absolute Gasteiger partial charge is 0.416 e. The van der Waals surface area contributed by atoms with Crippen LogP contribution in [-0.2, 0) is 16.4 Å². The van der Waals surface area contributed by atoms with Crippen LogP contribution in [0.1, 0.15) is 30.9 Å². The first kappa shape index (κ1) is 28.6. The Morgan fingerprint density at radius 1 is 1.13 bits per heavy atom. The summed E-state index contributed by atoms with van der Waals surface area (Å²) in [6.45, 7) is 4.30. The molecule has 0 radical (unpaired) electrons. The van der Waals surface area contributed by atoms with Crippen molar-refractivity contribution < 1.29 is 22.7 Å². The summed E-state index contributed by atoms with van der Waals surface area (Å²) in [6.07, 6.45) is -0.217. The maximum absolute atomic E-state index is 13.6. The van der Waals surface area contributed by atoms with Gasteiger partial charge in [-0.1, -0.05) is 17.7 Å². The molecule has 0 bridgehead atoms. The number of carbonyl (C=O) groups excluding carboxylic acids is 1. The molecule has 11 heteroatoms. The zero-order valence-electron chi connectivity index (χ0n) is 21.8. The molecule has 0 spiro atoms. The highest BCUT2D eigenvalue weighted by Gasteiger charge is 2.43. The second-order valence-electron chi connectivity index (χ2n) is 9.31. The number of aromatic nitrogens is 2. The van der Waals surface area contributed by atoms with Crippen LogP contribution in [0.25, 0.3) is 11.3 Å². The van der Waals surface area contributed by atoms with Crippen LogP contribution in [0.3, 0.4) is 0 Å². The summed E-state index contributed by atoms with van der Waals surface area (Å²) in [7, 11) is 1.81. The monoisotopic (exact) mass is 561 g/mol. The Kier molecular flexibility index (Phi) is 8.97. The number of piperidine rings is 1. The summed E-state index contributed by atoms with van der Waals surface area (Å²) in [6, 6.07) is 10.8. The molecule has 7 nitrogen and oxygen atoms in total. The fourth-order valence-electron chi connectivity index (χ4n) is 4.86. The molecule has 0 unspecified atom stereocenters. The summed E-state index contributed by atoms with van der Waals surface area (Å²) >= 11 is 6.26. The number of hydrogen-bond donors (Lipinski definition) is 2. The van der Waals surface area contributed by atoms with E-state index in [1.807, 2.05) is 43.1 Å². The van der Waals surface area contributed by atoms with Crippen LogP contribution in [-0.4, -0.2) is 55.7 Å². The lowest BCUT2D eigenvalue weighted by atomic mass is 9.72. The van der Waals surface area contributed by atoms with Gasteiger partial charge in [0, 0.05) is 38.6 Å². The first-order chi connectivity index (χ1) is 18.7. The van der Waals surface area contributed by atoms with E-state index >= 15 is 0 Å². The van der Waals surface area contributed by atoms with Gasteiger partial charge < -0.3 is 20.3 Å². The predicted molar refractivity (Wildman–Crippen MR) is 145 cm³/mol. The number of amides is 1. The number of pyridine rings is 2. The van der Waals surface area contributed by atoms with Gasteiger partial charge in [0.05, 0.1) is 39.6 Å². The van der Waals surface area contributed by atoms with Crippen molar-refractivity contribution in [2.24, 2.45) is 0 Å². The molecule has 208 valence electrons. The Hall–Kier alpha value is -3.37. The van der Waals surface area contributed by atoms with Crippen LogP contribution in [0.2, 0.25) is 5.02 Å². The number of nitrogens with zero attached hydrogens (tertiary/aromatic N) is 3. The molecule has 0 atom stereocenters. The third kappa shape index (κ3) is 6.28. The van der Waals surface area contributed by atoms with Crippen molar-refractivity contribution in [1.29, 1.82) is 0 Å². The summed E-state index contributed by atoms with van der Waals surface area (Å²) < 4.78 is 45.0. The highest BCUT2D eigenvalue weighted by molar-refractivity contribution is 6.33. The Bertz CT molecular complexity index is 1280. The van der Waals surface area contributed by atoms with E-state index in [-0.39, 0.29) is 10.9 Å². The Labute approximate surface area is 230 Å². The van der Waals surface area contributed by atoms with Gasteiger partial charge in [0.1, 0.15) is 0 Å². The van der Waals surface area contributed by atoms with Crippen molar-refractivity contribution in [3.63, 3.8) is 0 Å². The molecule has 1 saturated heterocycles. The van der Waals surface area contributed by atoms with Gasteiger partial charge in [0.15, 0.2) is 0 Å². The molecular weight excluding hydrogens is 531 g/mol. The minimum absolute atomic E-state index is 0.0309. The molecule has 1 amide bonds. The predicted octanol–water partition coefficient (Wildman–Crippen LogP) is 5.09. The molecule has 0 aliphatic carbocycles. The molecule has 1 fully saturated rings. The number of carbonyl (C=O) groups is 1. The zero-order valence-corrected chi connectivity index (χ0v) is 22.6. The van der Waals surface area contributed by atoms with Crippen molar-refractivity contribution in [2.75, 3.05) is 44.7 Å². The lowest BCUT2D eigenvalue weighted by molar-refractivity contribution is -0.137. The third-order valence-corrected chi connectivity index (χ3v) is 7.27. The average Bonchev–Trinajstić information content (AvgIpc) is 2.93. The fourth-order valence-corrected chi connectivity index (χ4v) is 5.16. The molecule has 2 N–H and O–H groups in total. The Morgan fingerprint density at radius 2 is 1.90 bits per heavy atom. The number of nitrogens with one attached hydrogen (secondary N) is 2. The summed E-state index contributed by atoms with van der Waals surface area (Å²) in [5, 5.41) is 6.08. The van der Waals surface area contributed by atoms with Crippen molar-refractivity contribution in [3.05, 3.63) is 71.0 Å². The van der Waals surface area contributed by atoms with E-state index in [4.69, 9.17) is 16.3 Å². The van der Waals surface area contributed by atoms with E-state index in [1.165, 1.54) is 6.07 Å². The minimum atomic E-state index is -4.47. The largest absolute Gasteiger partial charge is 0.477 e. The Morgan fingerprint density at radius 3 is 2.51 bits per heavy atom. The summed E-state index contributed by atoms with van der Waals surface area (Å²) in [5.74, 6) is 0.378. The molecule has 2 aromatic heterocycles. The zero-order chi connectivity index (χ0) is 28.0. The number of likely N-dealkylation sites (N-methyl/N-ethyl adjacent to an activating group) is 1. The molecule has 1 aromatic carbocycles. The normalized spacial score (nSPS) is 15.2. The van der Waals surface area contributed by atoms with E-state index in [1.54, 1.807) is 12.4 Å². The van der Waals surface area contributed by atoms with Gasteiger partial charge in [-0.05, 0) is 68.8 Å². The average molecular weight is 562 g/mol. The lowest BCUT2D eigenvalue weighted by Crippen LogP contribution is -2.52. The van der Waals surface area contributed by atoms with E-state index in [0.717, 1.165) is 23.3 Å². The quantitative estimate of drug-likeness (QED) is 0.354. The number of alkyl halides is 3. The molecular formula is C28H31ClF3N5O2. The molecule has 4 rings (SSSR count). The topological polar surface area (TPSA) is 79.4 Å². The number of anilines is 1. The van der Waals surface area contributed by atoms with Gasteiger partial charge >= 0.3 is 6.18 Å². The summed E-state index contributed by atoms with van der Waals surface area (Å²) in [5.41, 5.74) is 1.07. The Balaban J connectivity index is 1.60. The number of rotatable bonds is 9. The standard InChI is InChI=1S/C28H31ClF3N5O2/c1-3-39-25-21(5-4-12-34-25)23-8-6-20(18-36-23)27(26(38)35-14-13-33-2)10-15-37(16-11-27)24-9-7-19(17-22(24)29)28(30,31)32/h4-9,12,17-18,33H,3,10-11,13-16H2,1-2H3,(H,35,38). The molecule has 3 aromatic rings. The fraction of sp³-hybridized carbons (Fsp3) is 0.393. The summed E-state index contributed by atoms with van der Waals surface area (Å²) in [4.78, 5) is 24.5. The third-order valence-electron chi connectivity index (χ3n) is 6.97. The number of ether oxygens (including phenoxy) is 1. The van der Waals surface area contributed by atoms with Gasteiger partial charge in [-0.3, -0.25) is 9.78 Å². The van der Waals surface area contributed by atoms with E-state index in [0.29, 0.717) is 62.9 Å². The van der Waals surface area contributed by atoms with E-state index in [9.17, 15) is 18.0 Å². The van der Waals surface area contributed by atoms with Crippen LogP contribution in [0.4, 0.5) is 18.9 Å². The van der Waals surface area contributed by atoms with Crippen molar-refractivity contribution >= 4 is 23.2 Å². The van der Waals surface area contributed by atoms with Crippen LogP contribution in [0.5, 0.6) is 5.88 Å². The van der Waals surface area contributed by atoms with Gasteiger partial charge in [-0.2, -0.15) is 13.2 Å². The second-order valence-corrected chi connectivity index (χ2v) is 9.72. The van der Waals surface area contributed by atoms with Gasteiger partial charge in [0.25, 0.3) is 0 Å². The number of hydrogen-bond acceptors (Lipinski definition) is 6. The first-order valence-electron chi connectivity index (χ1n) is 12.8. The molecule has 1 aliphatic rings. The van der Waals surface area contributed by atoms with Crippen LogP contribution in [0.15, 0.2) is 54.9 Å². The van der Waals surface area contributed by atoms with Crippen molar-refractivity contribution in [2.45, 2.75) is 31.4 Å². The first-order valence-corrected chi connectivity index (χ1v) is 13.2. The van der Waals surface area contributed by atoms with Crippen LogP contribution in [0, 0.1) is 0 Å². The maximum atomic E-state index is 13.6. The highest BCUT2D eigenvalue weighted by atomic mass is 35.5. The molecule has 1 aliphatic heterocycles. The number of halogens is 4. The van der Waals surface area contributed by atoms with Gasteiger partial charge in [0.2, 0.25) is 11.8 Å². The number of benzene rings is 1. The second kappa shape index (κ2) is 12.2. The van der Waals surface area contributed by atoms with Crippen LogP contribution >= 0.6 is 11.6 Å². The van der Waals surface area contributed by atoms with E-state index < -0.39 is 17.2 Å². The minimum Gasteiger partial charge on any atom is -0.477 e. The molecule has 0 saturated carbocycles. The molecule has 3 heterocycles. The molecule has 39 heavy (non-hydrogen) atoms. The maximum Gasteiger partial charge on any atom is 0.416 e. The van der Waals surface area contributed by atoms with Gasteiger partial charge in [-0.15, -0.1) is 0 Å². The highest BCUT2D eigenvalue weighted by Crippen LogP contribution is 2.41. The lowest BCUT2D eigenvalue weighted by Gasteiger charge is -2.42. The van der Waals surface area contributed by atoms with Crippen LogP contribution < -0.4 is 20.3 Å². The van der Waals surface area contributed by atoms with Gasteiger partial charge in [-0.25, -0.2) is 4.98 Å². The van der Waals surface area contributed by atoms with E-state index in [2.05, 4.69) is 20.6 Å². The van der Waals surface area contributed by atoms with Crippen molar-refractivity contribution in [3.8, 4) is 17.1 Å². The SMILES string of the molecule is CCOc1ncccc1-c1ccc(C2(C(=O)NCCNC)CCN(c3ccc(C(F)(F)F)cc3Cl)CC2)cn1. The van der Waals surface area contributed by atoms with Crippen molar-refractivity contribution in [1.82, 2.24) is 20.6 Å².